The second-order valence-corrected chi connectivity index (χ2v) is 6.99. The summed E-state index contributed by atoms with van der Waals surface area (Å²) in [6.07, 6.45) is 3.84. The molecule has 1 N–H and O–H groups in total. The van der Waals surface area contributed by atoms with E-state index in [1.54, 1.807) is 6.92 Å². The van der Waals surface area contributed by atoms with Gasteiger partial charge in [-0.3, -0.25) is 9.69 Å². The number of morpholine rings is 1. The molecular weight excluding hydrogens is 320 g/mol. The molecule has 144 valence electrons. The molecule has 0 aromatic heterocycles. The first-order chi connectivity index (χ1) is 12.1. The predicted molar refractivity (Wildman–Crippen MR) is 97.5 cm³/mol. The molecule has 3 amide bonds. The Labute approximate surface area is 151 Å². The van der Waals surface area contributed by atoms with Crippen molar-refractivity contribution in [1.82, 2.24) is 20.0 Å². The largest absolute Gasteiger partial charge is 0.379 e. The Morgan fingerprint density at radius 2 is 2.00 bits per heavy atom. The number of nitrogens with zero attached hydrogens (tertiary/aromatic N) is 3. The third-order valence-corrected chi connectivity index (χ3v) is 5.03. The van der Waals surface area contributed by atoms with E-state index in [-0.39, 0.29) is 18.0 Å². The zero-order valence-corrected chi connectivity index (χ0v) is 15.8. The van der Waals surface area contributed by atoms with Crippen LogP contribution in [0.2, 0.25) is 0 Å². The van der Waals surface area contributed by atoms with Gasteiger partial charge in [-0.1, -0.05) is 6.92 Å². The van der Waals surface area contributed by atoms with Crippen LogP contribution in [0.5, 0.6) is 0 Å². The highest BCUT2D eigenvalue weighted by Crippen LogP contribution is 2.17. The molecule has 1 atom stereocenters. The molecule has 2 rings (SSSR count). The molecule has 1 unspecified atom stereocenters. The van der Waals surface area contributed by atoms with Crippen molar-refractivity contribution < 1.29 is 14.3 Å². The van der Waals surface area contributed by atoms with E-state index in [9.17, 15) is 9.59 Å². The normalized spacial score (nSPS) is 21.8. The Balaban J connectivity index is 1.81. The van der Waals surface area contributed by atoms with E-state index < -0.39 is 0 Å². The number of hydrogen-bond donors (Lipinski definition) is 1. The first-order valence-corrected chi connectivity index (χ1v) is 9.72. The first kappa shape index (κ1) is 20.0. The Morgan fingerprint density at radius 3 is 2.68 bits per heavy atom. The van der Waals surface area contributed by atoms with Crippen molar-refractivity contribution in [3.63, 3.8) is 0 Å². The Hall–Kier alpha value is -1.34. The van der Waals surface area contributed by atoms with Gasteiger partial charge in [0.05, 0.1) is 13.2 Å². The van der Waals surface area contributed by atoms with Crippen molar-refractivity contribution >= 4 is 11.9 Å². The molecule has 7 nitrogen and oxygen atoms in total. The van der Waals surface area contributed by atoms with Gasteiger partial charge in [0.15, 0.2) is 0 Å². The van der Waals surface area contributed by atoms with Gasteiger partial charge in [0.25, 0.3) is 0 Å². The van der Waals surface area contributed by atoms with Gasteiger partial charge in [0.1, 0.15) is 0 Å². The van der Waals surface area contributed by atoms with Gasteiger partial charge in [-0.25, -0.2) is 4.79 Å². The molecule has 0 bridgehead atoms. The summed E-state index contributed by atoms with van der Waals surface area (Å²) in [6, 6.07) is 0.145. The molecule has 0 saturated carbocycles. The summed E-state index contributed by atoms with van der Waals surface area (Å²) in [5, 5.41) is 2.94. The summed E-state index contributed by atoms with van der Waals surface area (Å²) in [5.74, 6) is 0.114. The maximum atomic E-state index is 12.2. The molecule has 2 aliphatic rings. The van der Waals surface area contributed by atoms with Crippen molar-refractivity contribution in [2.45, 2.75) is 45.6 Å². The Morgan fingerprint density at radius 1 is 1.24 bits per heavy atom. The number of likely N-dealkylation sites (tertiary alicyclic amines) is 1. The fraction of sp³-hybridized carbons (Fsp3) is 0.889. The Bertz CT molecular complexity index is 427. The first-order valence-electron chi connectivity index (χ1n) is 9.72. The van der Waals surface area contributed by atoms with E-state index in [2.05, 4.69) is 10.2 Å². The van der Waals surface area contributed by atoms with Crippen LogP contribution >= 0.6 is 0 Å². The van der Waals surface area contributed by atoms with E-state index in [0.717, 1.165) is 71.6 Å². The van der Waals surface area contributed by atoms with Crippen molar-refractivity contribution in [2.75, 3.05) is 59.0 Å². The fourth-order valence-electron chi connectivity index (χ4n) is 3.62. The topological polar surface area (TPSA) is 65.1 Å². The van der Waals surface area contributed by atoms with Gasteiger partial charge in [-0.2, -0.15) is 0 Å². The van der Waals surface area contributed by atoms with E-state index in [4.69, 9.17) is 4.74 Å². The summed E-state index contributed by atoms with van der Waals surface area (Å²) in [4.78, 5) is 30.6. The van der Waals surface area contributed by atoms with Crippen LogP contribution in [0.15, 0.2) is 0 Å². The van der Waals surface area contributed by atoms with Gasteiger partial charge < -0.3 is 19.9 Å². The minimum absolute atomic E-state index is 0.00312. The number of amides is 3. The minimum atomic E-state index is 0.00312. The predicted octanol–water partition coefficient (Wildman–Crippen LogP) is 1.14. The van der Waals surface area contributed by atoms with Crippen LogP contribution in [-0.4, -0.2) is 91.7 Å². The molecule has 0 spiro atoms. The van der Waals surface area contributed by atoms with Gasteiger partial charge in [-0.15, -0.1) is 0 Å². The molecule has 0 radical (unpaired) electrons. The number of ether oxygens (including phenoxy) is 1. The lowest BCUT2D eigenvalue weighted by molar-refractivity contribution is -0.132. The van der Waals surface area contributed by atoms with Crippen molar-refractivity contribution in [2.24, 2.45) is 0 Å². The second kappa shape index (κ2) is 10.6. The van der Waals surface area contributed by atoms with E-state index in [1.165, 1.54) is 0 Å². The summed E-state index contributed by atoms with van der Waals surface area (Å²) in [7, 11) is 0. The molecule has 7 heteroatoms. The highest BCUT2D eigenvalue weighted by Gasteiger charge is 2.29. The molecule has 0 aromatic rings. The highest BCUT2D eigenvalue weighted by molar-refractivity contribution is 5.75. The third kappa shape index (κ3) is 6.47. The summed E-state index contributed by atoms with van der Waals surface area (Å²) in [5.41, 5.74) is 0. The van der Waals surface area contributed by atoms with Crippen LogP contribution < -0.4 is 5.32 Å². The lowest BCUT2D eigenvalue weighted by Crippen LogP contribution is -2.53. The molecule has 2 fully saturated rings. The zero-order chi connectivity index (χ0) is 18.1. The number of carbonyl (C=O) groups excluding carboxylic acids is 2. The van der Waals surface area contributed by atoms with Crippen LogP contribution in [0.4, 0.5) is 4.79 Å². The molecule has 0 aromatic carbocycles. The zero-order valence-electron chi connectivity index (χ0n) is 15.8. The second-order valence-electron chi connectivity index (χ2n) is 6.99. The standard InChI is InChI=1S/C18H34N4O3/c1-3-7-19-18(24)21-9-4-6-17(15-21)22(16(2)23)10-5-8-20-11-13-25-14-12-20/h17H,3-15H2,1-2H3,(H,19,24). The lowest BCUT2D eigenvalue weighted by Gasteiger charge is -2.39. The average molecular weight is 354 g/mol. The number of nitrogens with one attached hydrogen (secondary N) is 1. The summed E-state index contributed by atoms with van der Waals surface area (Å²) < 4.78 is 5.37. The van der Waals surface area contributed by atoms with Gasteiger partial charge in [0.2, 0.25) is 5.91 Å². The van der Waals surface area contributed by atoms with E-state index >= 15 is 0 Å². The molecule has 25 heavy (non-hydrogen) atoms. The van der Waals surface area contributed by atoms with Crippen molar-refractivity contribution in [3.8, 4) is 0 Å². The molecule has 0 aliphatic carbocycles. The lowest BCUT2D eigenvalue weighted by atomic mass is 10.0. The maximum absolute atomic E-state index is 12.2. The number of carbonyl (C=O) groups is 2. The number of rotatable bonds is 7. The summed E-state index contributed by atoms with van der Waals surface area (Å²) >= 11 is 0. The summed E-state index contributed by atoms with van der Waals surface area (Å²) in [6.45, 7) is 11.2. The van der Waals surface area contributed by atoms with E-state index in [1.807, 2.05) is 16.7 Å². The van der Waals surface area contributed by atoms with Crippen LogP contribution in [0.3, 0.4) is 0 Å². The van der Waals surface area contributed by atoms with Crippen molar-refractivity contribution in [3.05, 3.63) is 0 Å². The highest BCUT2D eigenvalue weighted by atomic mass is 16.5. The monoisotopic (exact) mass is 354 g/mol. The number of hydrogen-bond acceptors (Lipinski definition) is 4. The van der Waals surface area contributed by atoms with Crippen LogP contribution in [-0.2, 0) is 9.53 Å². The quantitative estimate of drug-likeness (QED) is 0.745. The molecule has 2 saturated heterocycles. The fourth-order valence-corrected chi connectivity index (χ4v) is 3.62. The van der Waals surface area contributed by atoms with E-state index in [0.29, 0.717) is 13.1 Å². The maximum Gasteiger partial charge on any atom is 0.317 e. The third-order valence-electron chi connectivity index (χ3n) is 5.03. The van der Waals surface area contributed by atoms with Crippen LogP contribution in [0.1, 0.15) is 39.5 Å². The van der Waals surface area contributed by atoms with Gasteiger partial charge >= 0.3 is 6.03 Å². The van der Waals surface area contributed by atoms with Crippen LogP contribution in [0.25, 0.3) is 0 Å². The van der Waals surface area contributed by atoms with Crippen molar-refractivity contribution in [1.29, 1.82) is 0 Å². The SMILES string of the molecule is CCCNC(=O)N1CCCC(N(CCCN2CCOCC2)C(C)=O)C1. The average Bonchev–Trinajstić information content (AvgIpc) is 2.64. The molecular formula is C18H34N4O3. The smallest absolute Gasteiger partial charge is 0.317 e. The Kier molecular flexibility index (Phi) is 8.48. The van der Waals surface area contributed by atoms with Crippen LogP contribution in [0, 0.1) is 0 Å². The molecule has 2 heterocycles. The number of piperidine rings is 1. The number of urea groups is 1. The molecule has 2 aliphatic heterocycles. The van der Waals surface area contributed by atoms with Gasteiger partial charge in [-0.05, 0) is 25.7 Å². The minimum Gasteiger partial charge on any atom is -0.379 e. The van der Waals surface area contributed by atoms with Gasteiger partial charge in [0, 0.05) is 58.8 Å².